The summed E-state index contributed by atoms with van der Waals surface area (Å²) in [4.78, 5) is 22.8. The SMILES string of the molecule is CN1C(=O)CCC[C@@H]1C(=O)O. The van der Waals surface area contributed by atoms with E-state index in [1.54, 1.807) is 7.05 Å². The lowest BCUT2D eigenvalue weighted by atomic mass is 10.0. The quantitative estimate of drug-likeness (QED) is 0.586. The van der Waals surface area contributed by atoms with Crippen LogP contribution in [0.25, 0.3) is 0 Å². The van der Waals surface area contributed by atoms with Gasteiger partial charge in [-0.15, -0.1) is 0 Å². The molecule has 1 rings (SSSR count). The third kappa shape index (κ3) is 1.50. The monoisotopic (exact) mass is 157 g/mol. The summed E-state index contributed by atoms with van der Waals surface area (Å²) in [7, 11) is 1.54. The predicted molar refractivity (Wildman–Crippen MR) is 38.0 cm³/mol. The van der Waals surface area contributed by atoms with Crippen molar-refractivity contribution in [2.75, 3.05) is 7.05 Å². The molecule has 0 radical (unpaired) electrons. The van der Waals surface area contributed by atoms with Crippen molar-refractivity contribution in [1.29, 1.82) is 0 Å². The highest BCUT2D eigenvalue weighted by Gasteiger charge is 2.29. The summed E-state index contributed by atoms with van der Waals surface area (Å²) in [5.41, 5.74) is 0. The molecule has 4 nitrogen and oxygen atoms in total. The third-order valence-electron chi connectivity index (χ3n) is 2.01. The van der Waals surface area contributed by atoms with Gasteiger partial charge in [0.15, 0.2) is 0 Å². The minimum Gasteiger partial charge on any atom is -0.480 e. The van der Waals surface area contributed by atoms with Gasteiger partial charge in [0.25, 0.3) is 0 Å². The summed E-state index contributed by atoms with van der Waals surface area (Å²) in [6, 6.07) is -0.601. The fourth-order valence-electron chi connectivity index (χ4n) is 1.28. The maximum absolute atomic E-state index is 11.0. The van der Waals surface area contributed by atoms with E-state index >= 15 is 0 Å². The molecular formula is C7H11NO3. The molecule has 1 N–H and O–H groups in total. The van der Waals surface area contributed by atoms with Crippen molar-refractivity contribution >= 4 is 11.9 Å². The number of carboxylic acid groups (broad SMARTS) is 1. The number of carbonyl (C=O) groups excluding carboxylic acids is 1. The minimum absolute atomic E-state index is 0.0661. The smallest absolute Gasteiger partial charge is 0.326 e. The van der Waals surface area contributed by atoms with Gasteiger partial charge < -0.3 is 10.0 Å². The highest BCUT2D eigenvalue weighted by Crippen LogP contribution is 2.15. The first-order valence-electron chi connectivity index (χ1n) is 3.61. The Balaban J connectivity index is 2.65. The molecule has 62 valence electrons. The second kappa shape index (κ2) is 2.90. The largest absolute Gasteiger partial charge is 0.480 e. The average molecular weight is 157 g/mol. The number of amides is 1. The molecule has 11 heavy (non-hydrogen) atoms. The summed E-state index contributed by atoms with van der Waals surface area (Å²) in [6.07, 6.45) is 1.76. The molecular weight excluding hydrogens is 146 g/mol. The first kappa shape index (κ1) is 8.04. The average Bonchev–Trinajstić information content (AvgIpc) is 1.94. The minimum atomic E-state index is -0.902. The Morgan fingerprint density at radius 1 is 1.73 bits per heavy atom. The molecule has 0 aromatic rings. The van der Waals surface area contributed by atoms with Crippen LogP contribution >= 0.6 is 0 Å². The van der Waals surface area contributed by atoms with Crippen LogP contribution in [0.2, 0.25) is 0 Å². The number of hydrogen-bond donors (Lipinski definition) is 1. The standard InChI is InChI=1S/C7H11NO3/c1-8-5(7(10)11)3-2-4-6(8)9/h5H,2-4H2,1H3,(H,10,11)/t5-/m1/s1. The van der Waals surface area contributed by atoms with Crippen molar-refractivity contribution in [3.63, 3.8) is 0 Å². The normalized spacial score (nSPS) is 25.4. The van der Waals surface area contributed by atoms with Crippen LogP contribution in [0, 0.1) is 0 Å². The number of carboxylic acids is 1. The van der Waals surface area contributed by atoms with Gasteiger partial charge in [-0.3, -0.25) is 4.79 Å². The van der Waals surface area contributed by atoms with Gasteiger partial charge in [-0.2, -0.15) is 0 Å². The summed E-state index contributed by atoms with van der Waals surface area (Å²) >= 11 is 0. The van der Waals surface area contributed by atoms with E-state index in [4.69, 9.17) is 5.11 Å². The van der Waals surface area contributed by atoms with Gasteiger partial charge in [0, 0.05) is 13.5 Å². The molecule has 4 heteroatoms. The number of carbonyl (C=O) groups is 2. The van der Waals surface area contributed by atoms with Crippen LogP contribution in [0.1, 0.15) is 19.3 Å². The molecule has 1 amide bonds. The highest BCUT2D eigenvalue weighted by molar-refractivity contribution is 5.84. The van der Waals surface area contributed by atoms with Gasteiger partial charge in [-0.1, -0.05) is 0 Å². The molecule has 0 aliphatic carbocycles. The third-order valence-corrected chi connectivity index (χ3v) is 2.01. The summed E-state index contributed by atoms with van der Waals surface area (Å²) in [5, 5.41) is 8.63. The zero-order valence-corrected chi connectivity index (χ0v) is 6.41. The van der Waals surface area contributed by atoms with E-state index in [1.807, 2.05) is 0 Å². The maximum Gasteiger partial charge on any atom is 0.326 e. The van der Waals surface area contributed by atoms with Gasteiger partial charge in [0.05, 0.1) is 0 Å². The van der Waals surface area contributed by atoms with Crippen LogP contribution in [0.3, 0.4) is 0 Å². The number of hydrogen-bond acceptors (Lipinski definition) is 2. The molecule has 0 bridgehead atoms. The van der Waals surface area contributed by atoms with Crippen LogP contribution in [0.15, 0.2) is 0 Å². The fraction of sp³-hybridized carbons (Fsp3) is 0.714. The lowest BCUT2D eigenvalue weighted by Gasteiger charge is -2.28. The number of likely N-dealkylation sites (tertiary alicyclic amines) is 1. The Bertz CT molecular complexity index is 190. The number of aliphatic carboxylic acids is 1. The topological polar surface area (TPSA) is 57.6 Å². The van der Waals surface area contributed by atoms with Crippen LogP contribution in [-0.4, -0.2) is 35.0 Å². The van der Waals surface area contributed by atoms with E-state index in [0.717, 1.165) is 0 Å². The van der Waals surface area contributed by atoms with E-state index < -0.39 is 12.0 Å². The van der Waals surface area contributed by atoms with Gasteiger partial charge in [0.1, 0.15) is 6.04 Å². The number of rotatable bonds is 1. The molecule has 1 saturated heterocycles. The molecule has 1 atom stereocenters. The van der Waals surface area contributed by atoms with Crippen molar-refractivity contribution < 1.29 is 14.7 Å². The zero-order chi connectivity index (χ0) is 8.43. The summed E-state index contributed by atoms with van der Waals surface area (Å²) in [6.45, 7) is 0. The van der Waals surface area contributed by atoms with Crippen LogP contribution in [-0.2, 0) is 9.59 Å². The van der Waals surface area contributed by atoms with Crippen molar-refractivity contribution in [1.82, 2.24) is 4.90 Å². The zero-order valence-electron chi connectivity index (χ0n) is 6.41. The van der Waals surface area contributed by atoms with E-state index in [1.165, 1.54) is 4.90 Å². The van der Waals surface area contributed by atoms with Gasteiger partial charge in [-0.05, 0) is 12.8 Å². The first-order chi connectivity index (χ1) is 5.13. The lowest BCUT2D eigenvalue weighted by molar-refractivity contribution is -0.151. The van der Waals surface area contributed by atoms with Crippen LogP contribution < -0.4 is 0 Å². The second-order valence-corrected chi connectivity index (χ2v) is 2.75. The predicted octanol–water partition coefficient (Wildman–Crippen LogP) is 0.0819. The summed E-state index contributed by atoms with van der Waals surface area (Å²) in [5.74, 6) is -0.968. The molecule has 1 aliphatic heterocycles. The number of piperidine rings is 1. The van der Waals surface area contributed by atoms with Gasteiger partial charge in [-0.25, -0.2) is 4.79 Å². The maximum atomic E-state index is 11.0. The van der Waals surface area contributed by atoms with Crippen molar-refractivity contribution in [2.24, 2.45) is 0 Å². The Labute approximate surface area is 64.8 Å². The molecule has 0 saturated carbocycles. The van der Waals surface area contributed by atoms with Crippen molar-refractivity contribution in [3.05, 3.63) is 0 Å². The first-order valence-corrected chi connectivity index (χ1v) is 3.61. The Kier molecular flexibility index (Phi) is 2.12. The molecule has 1 heterocycles. The molecule has 0 aromatic carbocycles. The van der Waals surface area contributed by atoms with Crippen molar-refractivity contribution in [3.8, 4) is 0 Å². The second-order valence-electron chi connectivity index (χ2n) is 2.75. The van der Waals surface area contributed by atoms with Crippen LogP contribution in [0.4, 0.5) is 0 Å². The van der Waals surface area contributed by atoms with E-state index in [2.05, 4.69) is 0 Å². The van der Waals surface area contributed by atoms with E-state index in [0.29, 0.717) is 19.3 Å². The molecule has 1 aliphatic rings. The molecule has 0 unspecified atom stereocenters. The number of nitrogens with zero attached hydrogens (tertiary/aromatic N) is 1. The fourth-order valence-corrected chi connectivity index (χ4v) is 1.28. The Hall–Kier alpha value is -1.06. The molecule has 1 fully saturated rings. The highest BCUT2D eigenvalue weighted by atomic mass is 16.4. The van der Waals surface area contributed by atoms with Crippen LogP contribution in [0.5, 0.6) is 0 Å². The summed E-state index contributed by atoms with van der Waals surface area (Å²) < 4.78 is 0. The van der Waals surface area contributed by atoms with Gasteiger partial charge in [0.2, 0.25) is 5.91 Å². The van der Waals surface area contributed by atoms with Gasteiger partial charge >= 0.3 is 5.97 Å². The van der Waals surface area contributed by atoms with Crippen molar-refractivity contribution in [2.45, 2.75) is 25.3 Å². The lowest BCUT2D eigenvalue weighted by Crippen LogP contribution is -2.45. The number of likely N-dealkylation sites (N-methyl/N-ethyl adjacent to an activating group) is 1. The molecule has 0 spiro atoms. The Morgan fingerprint density at radius 3 is 2.82 bits per heavy atom. The molecule has 0 aromatic heterocycles. The van der Waals surface area contributed by atoms with E-state index in [-0.39, 0.29) is 5.91 Å². The van der Waals surface area contributed by atoms with E-state index in [9.17, 15) is 9.59 Å². The Morgan fingerprint density at radius 2 is 2.36 bits per heavy atom.